The molecule has 0 bridgehead atoms. The molecule has 2 aromatic heterocycles. The standard InChI is InChI=1S/C15H14O3/c1-9-6-11-8-14-13(7-10(2)17-14)12(4-3-5-16)15(11)18-9/h5-8H,3-4H2,1-2H3. The first-order valence-electron chi connectivity index (χ1n) is 6.05. The Morgan fingerprint density at radius 2 is 1.89 bits per heavy atom. The van der Waals surface area contributed by atoms with Gasteiger partial charge in [0.05, 0.1) is 0 Å². The lowest BCUT2D eigenvalue weighted by Gasteiger charge is -2.01. The van der Waals surface area contributed by atoms with Crippen molar-refractivity contribution in [2.45, 2.75) is 26.7 Å². The molecule has 3 aromatic rings. The van der Waals surface area contributed by atoms with Crippen LogP contribution in [0, 0.1) is 13.8 Å². The molecule has 0 aliphatic heterocycles. The molecule has 3 nitrogen and oxygen atoms in total. The van der Waals surface area contributed by atoms with Crippen molar-refractivity contribution >= 4 is 28.2 Å². The molecule has 0 atom stereocenters. The van der Waals surface area contributed by atoms with Gasteiger partial charge in [0.1, 0.15) is 29.0 Å². The minimum Gasteiger partial charge on any atom is -0.461 e. The lowest BCUT2D eigenvalue weighted by molar-refractivity contribution is -0.107. The first-order valence-corrected chi connectivity index (χ1v) is 6.05. The molecule has 0 unspecified atom stereocenters. The Balaban J connectivity index is 2.35. The van der Waals surface area contributed by atoms with Crippen molar-refractivity contribution in [1.82, 2.24) is 0 Å². The average Bonchev–Trinajstić information content (AvgIpc) is 2.85. The van der Waals surface area contributed by atoms with Crippen LogP contribution in [0.5, 0.6) is 0 Å². The molecule has 0 saturated heterocycles. The highest BCUT2D eigenvalue weighted by molar-refractivity contribution is 5.98. The zero-order valence-electron chi connectivity index (χ0n) is 10.4. The average molecular weight is 242 g/mol. The van der Waals surface area contributed by atoms with Crippen LogP contribution in [0.25, 0.3) is 21.9 Å². The van der Waals surface area contributed by atoms with E-state index in [0.29, 0.717) is 12.8 Å². The number of carbonyl (C=O) groups excluding carboxylic acids is 1. The highest BCUT2D eigenvalue weighted by Crippen LogP contribution is 2.33. The van der Waals surface area contributed by atoms with E-state index < -0.39 is 0 Å². The molecule has 0 aliphatic rings. The van der Waals surface area contributed by atoms with Gasteiger partial charge in [-0.3, -0.25) is 0 Å². The number of benzene rings is 1. The van der Waals surface area contributed by atoms with Crippen LogP contribution in [-0.2, 0) is 11.2 Å². The molecule has 18 heavy (non-hydrogen) atoms. The molecule has 1 aromatic carbocycles. The van der Waals surface area contributed by atoms with Gasteiger partial charge in [-0.05, 0) is 38.5 Å². The second kappa shape index (κ2) is 4.02. The molecule has 0 fully saturated rings. The number of carbonyl (C=O) groups is 1. The molecular formula is C15H14O3. The maximum absolute atomic E-state index is 10.6. The largest absolute Gasteiger partial charge is 0.461 e. The third-order valence-corrected chi connectivity index (χ3v) is 3.17. The number of aryl methyl sites for hydroxylation is 3. The van der Waals surface area contributed by atoms with Gasteiger partial charge in [0, 0.05) is 22.8 Å². The Bertz CT molecular complexity index is 676. The fraction of sp³-hybridized carbons (Fsp3) is 0.267. The van der Waals surface area contributed by atoms with E-state index in [1.807, 2.05) is 32.0 Å². The number of aldehydes is 1. The maximum Gasteiger partial charge on any atom is 0.138 e. The third kappa shape index (κ3) is 1.63. The van der Waals surface area contributed by atoms with Crippen molar-refractivity contribution in [2.75, 3.05) is 0 Å². The summed E-state index contributed by atoms with van der Waals surface area (Å²) in [7, 11) is 0. The summed E-state index contributed by atoms with van der Waals surface area (Å²) in [5.41, 5.74) is 2.81. The van der Waals surface area contributed by atoms with Crippen molar-refractivity contribution in [2.24, 2.45) is 0 Å². The van der Waals surface area contributed by atoms with Crippen molar-refractivity contribution in [3.63, 3.8) is 0 Å². The van der Waals surface area contributed by atoms with Gasteiger partial charge < -0.3 is 13.6 Å². The normalized spacial score (nSPS) is 11.4. The number of hydrogen-bond acceptors (Lipinski definition) is 3. The van der Waals surface area contributed by atoms with Crippen LogP contribution in [-0.4, -0.2) is 6.29 Å². The lowest BCUT2D eigenvalue weighted by atomic mass is 10.0. The predicted octanol–water partition coefficient (Wildman–Crippen LogP) is 3.93. The van der Waals surface area contributed by atoms with Crippen LogP contribution in [0.15, 0.2) is 27.0 Å². The summed E-state index contributed by atoms with van der Waals surface area (Å²) in [5, 5.41) is 2.09. The van der Waals surface area contributed by atoms with E-state index in [-0.39, 0.29) is 0 Å². The van der Waals surface area contributed by atoms with Gasteiger partial charge in [-0.15, -0.1) is 0 Å². The Hall–Kier alpha value is -2.03. The fourth-order valence-corrected chi connectivity index (χ4v) is 2.47. The number of fused-ring (bicyclic) bond motifs is 2. The summed E-state index contributed by atoms with van der Waals surface area (Å²) in [5.74, 6) is 1.75. The molecular weight excluding hydrogens is 228 g/mol. The maximum atomic E-state index is 10.6. The SMILES string of the molecule is Cc1cc2c(CCC=O)c3oc(C)cc3cc2o1. The Kier molecular flexibility index (Phi) is 2.47. The van der Waals surface area contributed by atoms with E-state index >= 15 is 0 Å². The monoisotopic (exact) mass is 242 g/mol. The minimum absolute atomic E-state index is 0.498. The van der Waals surface area contributed by atoms with E-state index in [4.69, 9.17) is 8.83 Å². The van der Waals surface area contributed by atoms with Gasteiger partial charge in [0.15, 0.2) is 0 Å². The van der Waals surface area contributed by atoms with Crippen LogP contribution in [0.1, 0.15) is 23.5 Å². The molecule has 0 aliphatic carbocycles. The van der Waals surface area contributed by atoms with Crippen LogP contribution >= 0.6 is 0 Å². The number of rotatable bonds is 3. The zero-order chi connectivity index (χ0) is 12.7. The molecule has 0 amide bonds. The van der Waals surface area contributed by atoms with Gasteiger partial charge in [0.2, 0.25) is 0 Å². The highest BCUT2D eigenvalue weighted by Gasteiger charge is 2.14. The van der Waals surface area contributed by atoms with Gasteiger partial charge in [0.25, 0.3) is 0 Å². The van der Waals surface area contributed by atoms with Crippen molar-refractivity contribution in [1.29, 1.82) is 0 Å². The Labute approximate surface area is 104 Å². The van der Waals surface area contributed by atoms with Gasteiger partial charge in [-0.1, -0.05) is 0 Å². The minimum atomic E-state index is 0.498. The van der Waals surface area contributed by atoms with E-state index in [2.05, 4.69) is 0 Å². The summed E-state index contributed by atoms with van der Waals surface area (Å²) in [6.45, 7) is 3.85. The van der Waals surface area contributed by atoms with Crippen molar-refractivity contribution < 1.29 is 13.6 Å². The van der Waals surface area contributed by atoms with Crippen LogP contribution in [0.3, 0.4) is 0 Å². The summed E-state index contributed by atoms with van der Waals surface area (Å²) in [4.78, 5) is 10.6. The van der Waals surface area contributed by atoms with Crippen LogP contribution in [0.2, 0.25) is 0 Å². The number of hydrogen-bond donors (Lipinski definition) is 0. The van der Waals surface area contributed by atoms with Crippen molar-refractivity contribution in [3.8, 4) is 0 Å². The Morgan fingerprint density at radius 1 is 1.11 bits per heavy atom. The highest BCUT2D eigenvalue weighted by atomic mass is 16.3. The van der Waals surface area contributed by atoms with Gasteiger partial charge >= 0.3 is 0 Å². The van der Waals surface area contributed by atoms with Crippen LogP contribution in [0.4, 0.5) is 0 Å². The van der Waals surface area contributed by atoms with Crippen molar-refractivity contribution in [3.05, 3.63) is 35.3 Å². The third-order valence-electron chi connectivity index (χ3n) is 3.17. The first kappa shape index (κ1) is 11.1. The van der Waals surface area contributed by atoms with E-state index in [0.717, 1.165) is 45.3 Å². The van der Waals surface area contributed by atoms with E-state index in [9.17, 15) is 4.79 Å². The molecule has 3 heteroatoms. The van der Waals surface area contributed by atoms with Gasteiger partial charge in [-0.2, -0.15) is 0 Å². The molecule has 0 saturated carbocycles. The first-order chi connectivity index (χ1) is 8.69. The topological polar surface area (TPSA) is 43.4 Å². The zero-order valence-corrected chi connectivity index (χ0v) is 10.4. The fourth-order valence-electron chi connectivity index (χ4n) is 2.47. The van der Waals surface area contributed by atoms with E-state index in [1.165, 1.54) is 0 Å². The van der Waals surface area contributed by atoms with Crippen LogP contribution < -0.4 is 0 Å². The Morgan fingerprint density at radius 3 is 2.67 bits per heavy atom. The second-order valence-corrected chi connectivity index (χ2v) is 4.60. The van der Waals surface area contributed by atoms with E-state index in [1.54, 1.807) is 0 Å². The summed E-state index contributed by atoms with van der Waals surface area (Å²) in [6, 6.07) is 6.00. The lowest BCUT2D eigenvalue weighted by Crippen LogP contribution is -1.88. The summed E-state index contributed by atoms with van der Waals surface area (Å²) >= 11 is 0. The predicted molar refractivity (Wildman–Crippen MR) is 69.8 cm³/mol. The molecule has 0 radical (unpaired) electrons. The molecule has 0 N–H and O–H groups in total. The molecule has 3 rings (SSSR count). The summed E-state index contributed by atoms with van der Waals surface area (Å²) < 4.78 is 11.4. The number of furan rings is 2. The quantitative estimate of drug-likeness (QED) is 0.653. The smallest absolute Gasteiger partial charge is 0.138 e. The molecule has 2 heterocycles. The molecule has 0 spiro atoms. The second-order valence-electron chi connectivity index (χ2n) is 4.60. The molecule has 92 valence electrons. The van der Waals surface area contributed by atoms with Gasteiger partial charge in [-0.25, -0.2) is 0 Å². The summed E-state index contributed by atoms with van der Waals surface area (Å²) in [6.07, 6.45) is 2.12.